The lowest BCUT2D eigenvalue weighted by molar-refractivity contribution is -0.114. The van der Waals surface area contributed by atoms with Crippen LogP contribution in [-0.2, 0) is 14.8 Å². The molecule has 0 saturated carbocycles. The van der Waals surface area contributed by atoms with Gasteiger partial charge in [-0.05, 0) is 31.4 Å². The van der Waals surface area contributed by atoms with E-state index >= 15 is 0 Å². The van der Waals surface area contributed by atoms with E-state index in [4.69, 9.17) is 0 Å². The Morgan fingerprint density at radius 3 is 2.58 bits per heavy atom. The Hall–Kier alpha value is -1.96. The number of hydrogen-bond donors (Lipinski definition) is 2. The summed E-state index contributed by atoms with van der Waals surface area (Å²) in [5.74, 6) is -0.180. The van der Waals surface area contributed by atoms with Crippen LogP contribution in [-0.4, -0.2) is 43.8 Å². The van der Waals surface area contributed by atoms with Crippen LogP contribution in [0.25, 0.3) is 10.8 Å². The predicted molar refractivity (Wildman–Crippen MR) is 102 cm³/mol. The summed E-state index contributed by atoms with van der Waals surface area (Å²) in [5, 5.41) is 7.68. The monoisotopic (exact) mass is 373 g/mol. The third-order valence-electron chi connectivity index (χ3n) is 5.30. The van der Waals surface area contributed by atoms with Crippen molar-refractivity contribution >= 4 is 32.4 Å². The molecule has 2 aliphatic heterocycles. The van der Waals surface area contributed by atoms with Crippen molar-refractivity contribution in [3.8, 4) is 0 Å². The Kier molecular flexibility index (Phi) is 4.46. The summed E-state index contributed by atoms with van der Waals surface area (Å²) < 4.78 is 28.4. The number of nitrogens with zero attached hydrogens (tertiary/aromatic N) is 1. The Labute approximate surface area is 153 Å². The minimum atomic E-state index is -3.60. The van der Waals surface area contributed by atoms with Crippen LogP contribution in [0.1, 0.15) is 26.2 Å². The van der Waals surface area contributed by atoms with Gasteiger partial charge < -0.3 is 10.6 Å². The van der Waals surface area contributed by atoms with Gasteiger partial charge in [-0.2, -0.15) is 4.31 Å². The molecule has 0 aromatic heterocycles. The highest BCUT2D eigenvalue weighted by Gasteiger charge is 2.35. The van der Waals surface area contributed by atoms with Gasteiger partial charge in [0.25, 0.3) is 0 Å². The Balaban J connectivity index is 1.77. The van der Waals surface area contributed by atoms with Crippen molar-refractivity contribution in [2.75, 3.05) is 18.4 Å². The highest BCUT2D eigenvalue weighted by molar-refractivity contribution is 7.89. The molecular weight excluding hydrogens is 350 g/mol. The molecule has 0 spiro atoms. The summed E-state index contributed by atoms with van der Waals surface area (Å²) in [6.07, 6.45) is 3.00. The molecule has 2 saturated heterocycles. The molecule has 2 atom stereocenters. The first-order chi connectivity index (χ1) is 12.4. The Bertz CT molecular complexity index is 958. The second kappa shape index (κ2) is 6.64. The fourth-order valence-corrected chi connectivity index (χ4v) is 5.76. The number of amides is 1. The van der Waals surface area contributed by atoms with Crippen LogP contribution in [0.5, 0.6) is 0 Å². The van der Waals surface area contributed by atoms with Gasteiger partial charge in [-0.1, -0.05) is 24.3 Å². The summed E-state index contributed by atoms with van der Waals surface area (Å²) in [5.41, 5.74) is 0.628. The molecule has 26 heavy (non-hydrogen) atoms. The molecule has 2 bridgehead atoms. The lowest BCUT2D eigenvalue weighted by Crippen LogP contribution is -2.39. The number of carbonyl (C=O) groups excluding carboxylic acids is 1. The van der Waals surface area contributed by atoms with Crippen molar-refractivity contribution in [1.82, 2.24) is 9.62 Å². The summed E-state index contributed by atoms with van der Waals surface area (Å²) in [6.45, 7) is 2.50. The van der Waals surface area contributed by atoms with Crippen molar-refractivity contribution in [1.29, 1.82) is 0 Å². The number of nitrogens with one attached hydrogen (secondary N) is 2. The molecule has 1 amide bonds. The van der Waals surface area contributed by atoms with E-state index in [9.17, 15) is 13.2 Å². The quantitative estimate of drug-likeness (QED) is 0.865. The van der Waals surface area contributed by atoms with Crippen molar-refractivity contribution in [3.63, 3.8) is 0 Å². The van der Waals surface area contributed by atoms with Gasteiger partial charge in [0.15, 0.2) is 0 Å². The lowest BCUT2D eigenvalue weighted by atomic mass is 10.1. The molecule has 138 valence electrons. The maximum atomic E-state index is 13.4. The maximum absolute atomic E-state index is 13.4. The minimum absolute atomic E-state index is 0.180. The average molecular weight is 373 g/mol. The number of sulfonamides is 1. The maximum Gasteiger partial charge on any atom is 0.243 e. The van der Waals surface area contributed by atoms with E-state index in [2.05, 4.69) is 10.6 Å². The molecular formula is C19H23N3O3S. The van der Waals surface area contributed by atoms with Crippen molar-refractivity contribution in [2.45, 2.75) is 43.2 Å². The molecule has 2 fully saturated rings. The fourth-order valence-electron chi connectivity index (χ4n) is 4.06. The lowest BCUT2D eigenvalue weighted by Gasteiger charge is -2.24. The molecule has 2 heterocycles. The topological polar surface area (TPSA) is 78.5 Å². The molecule has 0 radical (unpaired) electrons. The van der Waals surface area contributed by atoms with Gasteiger partial charge in [0.2, 0.25) is 15.9 Å². The molecule has 6 nitrogen and oxygen atoms in total. The van der Waals surface area contributed by atoms with E-state index in [-0.39, 0.29) is 11.9 Å². The van der Waals surface area contributed by atoms with Crippen LogP contribution in [0, 0.1) is 0 Å². The van der Waals surface area contributed by atoms with Gasteiger partial charge in [0.05, 0.1) is 4.90 Å². The molecule has 2 aromatic carbocycles. The standard InChI is InChI=1S/C19H23N3O3S/c1-13(23)20-18-8-9-19(17-5-3-2-4-16(17)18)26(24,25)22-11-10-14-6-7-15(12-22)21-14/h2-5,8-9,14-15,21H,6-7,10-12H2,1H3,(H,20,23). The number of fused-ring (bicyclic) bond motifs is 3. The third kappa shape index (κ3) is 3.11. The number of rotatable bonds is 3. The first-order valence-corrected chi connectivity index (χ1v) is 10.4. The van der Waals surface area contributed by atoms with E-state index < -0.39 is 10.0 Å². The first-order valence-electron chi connectivity index (χ1n) is 9.00. The Morgan fingerprint density at radius 1 is 1.08 bits per heavy atom. The highest BCUT2D eigenvalue weighted by atomic mass is 32.2. The summed E-state index contributed by atoms with van der Waals surface area (Å²) in [6, 6.07) is 11.3. The zero-order valence-corrected chi connectivity index (χ0v) is 15.6. The fraction of sp³-hybridized carbons (Fsp3) is 0.421. The zero-order valence-electron chi connectivity index (χ0n) is 14.7. The minimum Gasteiger partial charge on any atom is -0.326 e. The van der Waals surface area contributed by atoms with E-state index in [0.29, 0.717) is 35.1 Å². The number of anilines is 1. The van der Waals surface area contributed by atoms with Gasteiger partial charge in [-0.25, -0.2) is 8.42 Å². The SMILES string of the molecule is CC(=O)Nc1ccc(S(=O)(=O)N2CCC3CCC(C2)N3)c2ccccc12. The van der Waals surface area contributed by atoms with Crippen LogP contribution in [0.3, 0.4) is 0 Å². The van der Waals surface area contributed by atoms with E-state index in [1.807, 2.05) is 18.2 Å². The molecule has 0 aliphatic carbocycles. The average Bonchev–Trinajstić information content (AvgIpc) is 2.92. The van der Waals surface area contributed by atoms with Crippen molar-refractivity contribution in [2.24, 2.45) is 0 Å². The molecule has 7 heteroatoms. The van der Waals surface area contributed by atoms with Crippen LogP contribution in [0.2, 0.25) is 0 Å². The summed E-state index contributed by atoms with van der Waals surface area (Å²) in [4.78, 5) is 11.8. The summed E-state index contributed by atoms with van der Waals surface area (Å²) in [7, 11) is -3.60. The van der Waals surface area contributed by atoms with Crippen LogP contribution >= 0.6 is 0 Å². The van der Waals surface area contributed by atoms with Crippen molar-refractivity contribution < 1.29 is 13.2 Å². The second-order valence-corrected chi connectivity index (χ2v) is 9.03. The van der Waals surface area contributed by atoms with Crippen molar-refractivity contribution in [3.05, 3.63) is 36.4 Å². The first kappa shape index (κ1) is 17.5. The molecule has 2 unspecified atom stereocenters. The molecule has 2 N–H and O–H groups in total. The number of carbonyl (C=O) groups is 1. The number of hydrogen-bond acceptors (Lipinski definition) is 4. The van der Waals surface area contributed by atoms with E-state index in [0.717, 1.165) is 24.6 Å². The number of benzene rings is 2. The smallest absolute Gasteiger partial charge is 0.243 e. The van der Waals surface area contributed by atoms with E-state index in [1.54, 1.807) is 22.5 Å². The van der Waals surface area contributed by atoms with Gasteiger partial charge in [0, 0.05) is 48.6 Å². The molecule has 2 aliphatic rings. The van der Waals surface area contributed by atoms with Gasteiger partial charge in [-0.15, -0.1) is 0 Å². The van der Waals surface area contributed by atoms with E-state index in [1.165, 1.54) is 6.92 Å². The predicted octanol–water partition coefficient (Wildman–Crippen LogP) is 2.31. The zero-order chi connectivity index (χ0) is 18.3. The van der Waals surface area contributed by atoms with Gasteiger partial charge in [-0.3, -0.25) is 4.79 Å². The van der Waals surface area contributed by atoms with Crippen LogP contribution in [0.4, 0.5) is 5.69 Å². The van der Waals surface area contributed by atoms with Crippen LogP contribution < -0.4 is 10.6 Å². The summed E-state index contributed by atoms with van der Waals surface area (Å²) >= 11 is 0. The highest BCUT2D eigenvalue weighted by Crippen LogP contribution is 2.32. The van der Waals surface area contributed by atoms with Gasteiger partial charge >= 0.3 is 0 Å². The third-order valence-corrected chi connectivity index (χ3v) is 7.22. The molecule has 2 aromatic rings. The Morgan fingerprint density at radius 2 is 1.81 bits per heavy atom. The second-order valence-electron chi connectivity index (χ2n) is 7.13. The van der Waals surface area contributed by atoms with Gasteiger partial charge in [0.1, 0.15) is 0 Å². The molecule has 4 rings (SSSR count). The van der Waals surface area contributed by atoms with Crippen LogP contribution in [0.15, 0.2) is 41.3 Å². The largest absolute Gasteiger partial charge is 0.326 e. The normalized spacial score (nSPS) is 23.7.